The fourth-order valence-electron chi connectivity index (χ4n) is 1.97. The number of fused-ring (bicyclic) bond motifs is 1. The van der Waals surface area contributed by atoms with Gasteiger partial charge in [0.2, 0.25) is 0 Å². The zero-order valence-corrected chi connectivity index (χ0v) is 10.1. The van der Waals surface area contributed by atoms with Gasteiger partial charge in [0.05, 0.1) is 17.3 Å². The number of aromatic nitrogens is 3. The molecule has 0 saturated carbocycles. The van der Waals surface area contributed by atoms with Gasteiger partial charge < -0.3 is 9.73 Å². The molecule has 18 heavy (non-hydrogen) atoms. The van der Waals surface area contributed by atoms with Crippen LogP contribution >= 0.6 is 0 Å². The molecule has 5 heteroatoms. The molecule has 5 nitrogen and oxygen atoms in total. The quantitative estimate of drug-likeness (QED) is 0.761. The summed E-state index contributed by atoms with van der Waals surface area (Å²) in [5.74, 6) is 0.789. The number of hydrogen-bond acceptors (Lipinski definition) is 4. The molecule has 3 rings (SSSR count). The summed E-state index contributed by atoms with van der Waals surface area (Å²) in [7, 11) is 0. The van der Waals surface area contributed by atoms with Crippen molar-refractivity contribution in [2.75, 3.05) is 6.54 Å². The van der Waals surface area contributed by atoms with Crippen molar-refractivity contribution in [2.24, 2.45) is 0 Å². The van der Waals surface area contributed by atoms with Gasteiger partial charge in [0.25, 0.3) is 0 Å². The van der Waals surface area contributed by atoms with Gasteiger partial charge in [0, 0.05) is 12.7 Å². The first-order valence-electron chi connectivity index (χ1n) is 5.96. The van der Waals surface area contributed by atoms with E-state index in [2.05, 4.69) is 22.3 Å². The summed E-state index contributed by atoms with van der Waals surface area (Å²) < 4.78 is 7.34. The summed E-state index contributed by atoms with van der Waals surface area (Å²) in [5.41, 5.74) is 2.91. The lowest BCUT2D eigenvalue weighted by Crippen LogP contribution is -2.12. The van der Waals surface area contributed by atoms with E-state index < -0.39 is 0 Å². The Morgan fingerprint density at radius 3 is 3.22 bits per heavy atom. The molecule has 0 fully saturated rings. The molecule has 0 saturated heterocycles. The predicted octanol–water partition coefficient (Wildman–Crippen LogP) is 2.10. The summed E-state index contributed by atoms with van der Waals surface area (Å²) in [6.45, 7) is 3.67. The highest BCUT2D eigenvalue weighted by Gasteiger charge is 2.14. The summed E-state index contributed by atoms with van der Waals surface area (Å²) in [6, 6.07) is 5.95. The van der Waals surface area contributed by atoms with Crippen LogP contribution < -0.4 is 5.32 Å². The third-order valence-electron chi connectivity index (χ3n) is 2.85. The van der Waals surface area contributed by atoms with E-state index in [-0.39, 0.29) is 0 Å². The molecule has 0 aliphatic carbocycles. The summed E-state index contributed by atoms with van der Waals surface area (Å²) in [4.78, 5) is 4.25. The van der Waals surface area contributed by atoms with Crippen molar-refractivity contribution in [3.63, 3.8) is 0 Å². The van der Waals surface area contributed by atoms with Crippen LogP contribution in [0.15, 0.2) is 41.4 Å². The monoisotopic (exact) mass is 242 g/mol. The van der Waals surface area contributed by atoms with Gasteiger partial charge in [-0.25, -0.2) is 9.50 Å². The Hall–Kier alpha value is -2.14. The third-order valence-corrected chi connectivity index (χ3v) is 2.85. The smallest absolute Gasteiger partial charge is 0.181 e. The van der Waals surface area contributed by atoms with E-state index in [1.54, 1.807) is 0 Å². The number of oxazole rings is 1. The minimum Gasteiger partial charge on any atom is -0.443 e. The topological polar surface area (TPSA) is 55.4 Å². The number of nitrogens with zero attached hydrogens (tertiary/aromatic N) is 3. The largest absolute Gasteiger partial charge is 0.443 e. The second-order valence-electron chi connectivity index (χ2n) is 4.00. The molecule has 0 atom stereocenters. The van der Waals surface area contributed by atoms with Crippen molar-refractivity contribution in [2.45, 2.75) is 13.5 Å². The van der Waals surface area contributed by atoms with Crippen LogP contribution in [-0.2, 0) is 6.54 Å². The Labute approximate surface area is 104 Å². The van der Waals surface area contributed by atoms with Crippen molar-refractivity contribution in [3.8, 4) is 11.3 Å². The number of pyridine rings is 1. The zero-order valence-electron chi connectivity index (χ0n) is 10.1. The van der Waals surface area contributed by atoms with Gasteiger partial charge in [-0.05, 0) is 18.7 Å². The van der Waals surface area contributed by atoms with E-state index in [0.717, 1.165) is 29.1 Å². The van der Waals surface area contributed by atoms with Gasteiger partial charge in [-0.3, -0.25) is 0 Å². The van der Waals surface area contributed by atoms with Crippen molar-refractivity contribution in [1.29, 1.82) is 0 Å². The van der Waals surface area contributed by atoms with Crippen LogP contribution in [0.4, 0.5) is 0 Å². The molecule has 3 aromatic rings. The number of hydrogen-bond donors (Lipinski definition) is 1. The summed E-state index contributed by atoms with van der Waals surface area (Å²) >= 11 is 0. The lowest BCUT2D eigenvalue weighted by atomic mass is 10.2. The first-order chi connectivity index (χ1) is 8.90. The maximum atomic E-state index is 5.51. The van der Waals surface area contributed by atoms with Gasteiger partial charge in [-0.2, -0.15) is 5.10 Å². The highest BCUT2D eigenvalue weighted by Crippen LogP contribution is 2.27. The van der Waals surface area contributed by atoms with Crippen LogP contribution in [-0.4, -0.2) is 21.1 Å². The van der Waals surface area contributed by atoms with Crippen LogP contribution in [0.5, 0.6) is 0 Å². The maximum Gasteiger partial charge on any atom is 0.181 e. The summed E-state index contributed by atoms with van der Waals surface area (Å²) in [6.07, 6.45) is 5.21. The molecule has 0 amide bonds. The molecular weight excluding hydrogens is 228 g/mol. The molecule has 92 valence electrons. The average molecular weight is 242 g/mol. The second-order valence-corrected chi connectivity index (χ2v) is 4.00. The minimum atomic E-state index is 0.701. The number of nitrogens with one attached hydrogen (secondary N) is 1. The average Bonchev–Trinajstić information content (AvgIpc) is 3.02. The van der Waals surface area contributed by atoms with E-state index in [1.807, 2.05) is 35.1 Å². The Bertz CT molecular complexity index is 656. The molecule has 1 N–H and O–H groups in total. The third kappa shape index (κ3) is 1.78. The van der Waals surface area contributed by atoms with Crippen molar-refractivity contribution in [3.05, 3.63) is 42.7 Å². The normalized spacial score (nSPS) is 11.2. The molecule has 0 bridgehead atoms. The van der Waals surface area contributed by atoms with Crippen molar-refractivity contribution in [1.82, 2.24) is 19.9 Å². The van der Waals surface area contributed by atoms with Crippen LogP contribution in [0.25, 0.3) is 16.8 Å². The van der Waals surface area contributed by atoms with Gasteiger partial charge in [0.15, 0.2) is 12.2 Å². The van der Waals surface area contributed by atoms with E-state index in [0.29, 0.717) is 6.54 Å². The van der Waals surface area contributed by atoms with Crippen LogP contribution in [0.1, 0.15) is 12.6 Å². The predicted molar refractivity (Wildman–Crippen MR) is 68.1 cm³/mol. The Morgan fingerprint density at radius 2 is 2.33 bits per heavy atom. The van der Waals surface area contributed by atoms with E-state index in [1.165, 1.54) is 6.39 Å². The van der Waals surface area contributed by atoms with Crippen molar-refractivity contribution < 1.29 is 4.42 Å². The zero-order chi connectivity index (χ0) is 12.4. The van der Waals surface area contributed by atoms with E-state index in [9.17, 15) is 0 Å². The molecule has 0 aromatic carbocycles. The Morgan fingerprint density at radius 1 is 1.39 bits per heavy atom. The van der Waals surface area contributed by atoms with E-state index in [4.69, 9.17) is 4.42 Å². The molecule has 0 aliphatic heterocycles. The Kier molecular flexibility index (Phi) is 2.82. The molecule has 0 radical (unpaired) electrons. The number of rotatable bonds is 4. The lowest BCUT2D eigenvalue weighted by Gasteiger charge is -2.00. The van der Waals surface area contributed by atoms with Crippen LogP contribution in [0.3, 0.4) is 0 Å². The molecule has 3 heterocycles. The summed E-state index contributed by atoms with van der Waals surface area (Å²) in [5, 5.41) is 7.56. The first kappa shape index (κ1) is 11.0. The highest BCUT2D eigenvalue weighted by atomic mass is 16.3. The van der Waals surface area contributed by atoms with Crippen LogP contribution in [0, 0.1) is 0 Å². The SMILES string of the molecule is CCNCc1ncoc1-c1cnn2ccccc12. The second kappa shape index (κ2) is 4.62. The fraction of sp³-hybridized carbons (Fsp3) is 0.231. The van der Waals surface area contributed by atoms with Gasteiger partial charge in [0.1, 0.15) is 5.69 Å². The van der Waals surface area contributed by atoms with Crippen LogP contribution in [0.2, 0.25) is 0 Å². The maximum absolute atomic E-state index is 5.51. The van der Waals surface area contributed by atoms with Gasteiger partial charge >= 0.3 is 0 Å². The molecule has 0 aliphatic rings. The minimum absolute atomic E-state index is 0.701. The molecule has 0 unspecified atom stereocenters. The van der Waals surface area contributed by atoms with Crippen molar-refractivity contribution >= 4 is 5.52 Å². The Balaban J connectivity index is 2.06. The molecule has 3 aromatic heterocycles. The van der Waals surface area contributed by atoms with Gasteiger partial charge in [-0.15, -0.1) is 0 Å². The van der Waals surface area contributed by atoms with E-state index >= 15 is 0 Å². The first-order valence-corrected chi connectivity index (χ1v) is 5.96. The lowest BCUT2D eigenvalue weighted by molar-refractivity contribution is 0.570. The molecular formula is C13H14N4O. The fourth-order valence-corrected chi connectivity index (χ4v) is 1.97. The molecule has 0 spiro atoms. The van der Waals surface area contributed by atoms with Gasteiger partial charge in [-0.1, -0.05) is 13.0 Å². The highest BCUT2D eigenvalue weighted by molar-refractivity contribution is 5.77. The standard InChI is InChI=1S/C13H14N4O/c1-2-14-8-11-13(18-9-15-11)10-7-16-17-6-4-3-5-12(10)17/h3-7,9,14H,2,8H2,1H3.